The minimum absolute atomic E-state index is 0. The largest absolute Gasteiger partial charge is 1.00 e. The van der Waals surface area contributed by atoms with Gasteiger partial charge in [0.2, 0.25) is 5.91 Å². The Morgan fingerprint density at radius 3 is 2.21 bits per heavy atom. The molecule has 1 aliphatic heterocycles. The van der Waals surface area contributed by atoms with Crippen molar-refractivity contribution in [3.05, 3.63) is 65.7 Å². The second kappa shape index (κ2) is 13.4. The minimum Gasteiger partial charge on any atom is -0.508 e. The summed E-state index contributed by atoms with van der Waals surface area (Å²) >= 11 is 0. The van der Waals surface area contributed by atoms with Crippen molar-refractivity contribution >= 4 is 5.91 Å². The minimum atomic E-state index is -4.38. The number of phenols is 1. The fourth-order valence-corrected chi connectivity index (χ4v) is 4.75. The van der Waals surface area contributed by atoms with Gasteiger partial charge in [0.1, 0.15) is 11.3 Å². The van der Waals surface area contributed by atoms with Gasteiger partial charge in [-0.25, -0.2) is 0 Å². The Kier molecular flexibility index (Phi) is 11.6. The third kappa shape index (κ3) is 7.80. The van der Waals surface area contributed by atoms with Crippen molar-refractivity contribution in [1.29, 1.82) is 0 Å². The molecule has 2 fully saturated rings. The Balaban J connectivity index is 0.000000289. The summed E-state index contributed by atoms with van der Waals surface area (Å²) in [5, 5.41) is 12.0. The number of carbonyl (C=O) groups is 1. The first-order chi connectivity index (χ1) is 15.7. The van der Waals surface area contributed by atoms with Crippen molar-refractivity contribution in [3.8, 4) is 5.75 Å². The van der Waals surface area contributed by atoms with Crippen LogP contribution in [-0.4, -0.2) is 34.5 Å². The number of carbonyl (C=O) groups excluding carboxylic acids is 1. The molecule has 34 heavy (non-hydrogen) atoms. The molecule has 8 heteroatoms. The van der Waals surface area contributed by atoms with Crippen LogP contribution in [0.15, 0.2) is 48.5 Å². The van der Waals surface area contributed by atoms with Crippen molar-refractivity contribution < 1.29 is 74.5 Å². The average Bonchev–Trinajstić information content (AvgIpc) is 3.35. The molecule has 1 amide bonds. The van der Waals surface area contributed by atoms with Gasteiger partial charge in [-0.3, -0.25) is 9.69 Å². The summed E-state index contributed by atoms with van der Waals surface area (Å²) in [6, 6.07) is 14.9. The first kappa shape index (κ1) is 29.3. The van der Waals surface area contributed by atoms with Crippen LogP contribution < -0.4 is 56.7 Å². The Bertz CT molecular complexity index is 896. The van der Waals surface area contributed by atoms with E-state index in [0.717, 1.165) is 43.6 Å². The van der Waals surface area contributed by atoms with E-state index in [1.165, 1.54) is 38.2 Å². The standard InChI is InChI=1S/C19H27N2O.C7H5F3O.K/c1-16(17-10-4-2-5-11-17)20-18(22)19(12-6-3-7-13-19)21-14-8-9-15-21;8-7(9,10)5-2-1-3-6(11)4-5;/h4-5,10-11,16H,3,6-9,12-15H2,1H3,(H,20,22);1-4,11H;/q-1;;+1. The van der Waals surface area contributed by atoms with Crippen molar-refractivity contribution in [1.82, 2.24) is 10.2 Å². The zero-order valence-electron chi connectivity index (χ0n) is 20.0. The topological polar surface area (TPSA) is 52.6 Å². The molecule has 1 saturated carbocycles. The zero-order chi connectivity index (χ0) is 23.9. The van der Waals surface area contributed by atoms with Crippen LogP contribution in [0.3, 0.4) is 0 Å². The summed E-state index contributed by atoms with van der Waals surface area (Å²) < 4.78 is 35.6. The average molecular weight is 501 g/mol. The summed E-state index contributed by atoms with van der Waals surface area (Å²) in [5.41, 5.74) is 0.0705. The van der Waals surface area contributed by atoms with Gasteiger partial charge in [-0.1, -0.05) is 25.3 Å². The number of hydrogen-bond acceptors (Lipinski definition) is 3. The monoisotopic (exact) mass is 500 g/mol. The molecule has 1 heterocycles. The van der Waals surface area contributed by atoms with E-state index in [0.29, 0.717) is 6.07 Å². The molecule has 1 aliphatic carbocycles. The number of amides is 1. The van der Waals surface area contributed by atoms with Gasteiger partial charge in [-0.2, -0.15) is 43.5 Å². The predicted octanol–water partition coefficient (Wildman–Crippen LogP) is 2.88. The van der Waals surface area contributed by atoms with E-state index in [-0.39, 0.29) is 74.6 Å². The van der Waals surface area contributed by atoms with Crippen LogP contribution in [0.4, 0.5) is 13.2 Å². The predicted molar refractivity (Wildman–Crippen MR) is 122 cm³/mol. The van der Waals surface area contributed by atoms with Gasteiger partial charge in [0, 0.05) is 6.04 Å². The SMILES string of the molecule is CC(NC(=O)C1(N2CCCC2)CCCCC1)c1cc[c-]cc1.Oc1cccc(C(F)(F)F)c1.[K+]. The maximum atomic E-state index is 13.1. The molecule has 0 aromatic heterocycles. The van der Waals surface area contributed by atoms with E-state index in [1.807, 2.05) is 24.3 Å². The third-order valence-corrected chi connectivity index (χ3v) is 6.58. The molecule has 2 N–H and O–H groups in total. The second-order valence-electron chi connectivity index (χ2n) is 8.86. The number of nitrogens with one attached hydrogen (secondary N) is 1. The number of hydrogen-bond donors (Lipinski definition) is 2. The molecular weight excluding hydrogens is 468 g/mol. The molecule has 0 spiro atoms. The van der Waals surface area contributed by atoms with E-state index in [1.54, 1.807) is 0 Å². The fourth-order valence-electron chi connectivity index (χ4n) is 4.75. The van der Waals surface area contributed by atoms with Crippen LogP contribution in [0.25, 0.3) is 0 Å². The zero-order valence-corrected chi connectivity index (χ0v) is 23.1. The van der Waals surface area contributed by atoms with E-state index >= 15 is 0 Å². The Morgan fingerprint density at radius 2 is 1.68 bits per heavy atom. The van der Waals surface area contributed by atoms with Crippen LogP contribution in [0, 0.1) is 6.07 Å². The molecule has 0 radical (unpaired) electrons. The number of nitrogens with zero attached hydrogens (tertiary/aromatic N) is 1. The van der Waals surface area contributed by atoms with Gasteiger partial charge in [0.25, 0.3) is 0 Å². The molecule has 180 valence electrons. The summed E-state index contributed by atoms with van der Waals surface area (Å²) in [7, 11) is 0. The van der Waals surface area contributed by atoms with Crippen LogP contribution in [-0.2, 0) is 11.0 Å². The molecule has 1 unspecified atom stereocenters. The van der Waals surface area contributed by atoms with Crippen molar-refractivity contribution in [2.75, 3.05) is 13.1 Å². The van der Waals surface area contributed by atoms with Gasteiger partial charge in [-0.05, 0) is 63.9 Å². The number of rotatable bonds is 4. The number of alkyl halides is 3. The number of likely N-dealkylation sites (tertiary alicyclic amines) is 1. The van der Waals surface area contributed by atoms with Crippen LogP contribution in [0.1, 0.15) is 69.0 Å². The Morgan fingerprint density at radius 1 is 1.06 bits per heavy atom. The van der Waals surface area contributed by atoms with Crippen molar-refractivity contribution in [2.45, 2.75) is 69.6 Å². The first-order valence-electron chi connectivity index (χ1n) is 11.6. The second-order valence-corrected chi connectivity index (χ2v) is 8.86. The summed E-state index contributed by atoms with van der Waals surface area (Å²) in [4.78, 5) is 15.6. The first-order valence-corrected chi connectivity index (χ1v) is 11.6. The third-order valence-electron chi connectivity index (χ3n) is 6.58. The van der Waals surface area contributed by atoms with Gasteiger partial charge in [0.05, 0.1) is 5.56 Å². The van der Waals surface area contributed by atoms with E-state index in [4.69, 9.17) is 5.11 Å². The summed E-state index contributed by atoms with van der Waals surface area (Å²) in [5.74, 6) is -0.130. The number of aromatic hydroxyl groups is 1. The summed E-state index contributed by atoms with van der Waals surface area (Å²) in [6.45, 7) is 4.25. The number of phenolic OH excluding ortho intramolecular Hbond substituents is 1. The van der Waals surface area contributed by atoms with Crippen molar-refractivity contribution in [2.24, 2.45) is 0 Å². The molecule has 4 nitrogen and oxygen atoms in total. The maximum absolute atomic E-state index is 13.1. The van der Waals surface area contributed by atoms with E-state index in [9.17, 15) is 18.0 Å². The quantitative estimate of drug-likeness (QED) is 0.502. The van der Waals surface area contributed by atoms with E-state index < -0.39 is 11.7 Å². The normalized spacial score (nSPS) is 18.7. The van der Waals surface area contributed by atoms with Gasteiger partial charge in [-0.15, -0.1) is 5.56 Å². The maximum Gasteiger partial charge on any atom is 1.00 e. The number of benzene rings is 2. The molecule has 0 bridgehead atoms. The number of halogens is 3. The van der Waals surface area contributed by atoms with Gasteiger partial charge in [0.15, 0.2) is 0 Å². The van der Waals surface area contributed by atoms with Crippen molar-refractivity contribution in [3.63, 3.8) is 0 Å². The Hall–Kier alpha value is -0.904. The van der Waals surface area contributed by atoms with E-state index in [2.05, 4.69) is 23.2 Å². The smallest absolute Gasteiger partial charge is 0.508 e. The van der Waals surface area contributed by atoms with Gasteiger partial charge >= 0.3 is 57.6 Å². The van der Waals surface area contributed by atoms with Crippen LogP contribution in [0.2, 0.25) is 0 Å². The van der Waals surface area contributed by atoms with Crippen LogP contribution in [0.5, 0.6) is 5.75 Å². The molecule has 1 saturated heterocycles. The molecule has 2 aromatic rings. The van der Waals surface area contributed by atoms with Gasteiger partial charge < -0.3 is 10.4 Å². The Labute approximate surface area is 242 Å². The molecule has 1 atom stereocenters. The fraction of sp³-hybridized carbons (Fsp3) is 0.500. The molecule has 2 aromatic carbocycles. The summed E-state index contributed by atoms with van der Waals surface area (Å²) in [6.07, 6.45) is 3.77. The molecular formula is C26H32F3KN2O2. The molecule has 2 aliphatic rings. The van der Waals surface area contributed by atoms with Crippen LogP contribution >= 0.6 is 0 Å². The molecule has 4 rings (SSSR count).